The Hall–Kier alpha value is -3.92. The first-order chi connectivity index (χ1) is 17.1. The number of hydrogen-bond acceptors (Lipinski definition) is 8. The Bertz CT molecular complexity index is 1590. The van der Waals surface area contributed by atoms with Gasteiger partial charge in [-0.1, -0.05) is 11.2 Å². The van der Waals surface area contributed by atoms with E-state index in [2.05, 4.69) is 25.2 Å². The lowest BCUT2D eigenvalue weighted by Gasteiger charge is -2.26. The molecule has 35 heavy (non-hydrogen) atoms. The molecule has 1 saturated carbocycles. The molecule has 0 amide bonds. The summed E-state index contributed by atoms with van der Waals surface area (Å²) in [5.74, 6) is 2.14. The van der Waals surface area contributed by atoms with Gasteiger partial charge in [-0.3, -0.25) is 10.1 Å². The Balaban J connectivity index is 1.22. The van der Waals surface area contributed by atoms with Crippen molar-refractivity contribution in [2.24, 2.45) is 17.6 Å². The topological polar surface area (TPSA) is 123 Å². The lowest BCUT2D eigenvalue weighted by Crippen LogP contribution is -2.32. The van der Waals surface area contributed by atoms with Gasteiger partial charge in [0, 0.05) is 48.3 Å². The predicted octanol–water partition coefficient (Wildman–Crippen LogP) is 3.36. The molecular formula is C25H23FN8O. The van der Waals surface area contributed by atoms with Crippen LogP contribution in [-0.4, -0.2) is 49.9 Å². The van der Waals surface area contributed by atoms with Gasteiger partial charge in [-0.25, -0.2) is 14.4 Å². The molecule has 1 aromatic carbocycles. The molecule has 4 aromatic heterocycles. The minimum absolute atomic E-state index is 0.127. The Morgan fingerprint density at radius 2 is 2.17 bits per heavy atom. The second-order valence-electron chi connectivity index (χ2n) is 9.51. The van der Waals surface area contributed by atoms with Crippen molar-refractivity contribution in [1.82, 2.24) is 30.3 Å². The average molecular weight is 471 g/mol. The van der Waals surface area contributed by atoms with E-state index in [1.54, 1.807) is 30.6 Å². The molecule has 1 aliphatic carbocycles. The number of aromatic nitrogens is 6. The maximum Gasteiger partial charge on any atom is 0.177 e. The first-order valence-corrected chi connectivity index (χ1v) is 11.7. The molecule has 9 nitrogen and oxygen atoms in total. The SMILES string of the molecule is Cc1cc([C@@]2(CN)[C@@H]3CCN(c4cnc5c(-c6ccnc7cccc(F)c67)n[nH]c5n4)C[C@@H]32)no1. The van der Waals surface area contributed by atoms with Crippen molar-refractivity contribution >= 4 is 27.9 Å². The molecular weight excluding hydrogens is 447 g/mol. The van der Waals surface area contributed by atoms with Gasteiger partial charge in [0.2, 0.25) is 0 Å². The highest BCUT2D eigenvalue weighted by Crippen LogP contribution is 2.62. The summed E-state index contributed by atoms with van der Waals surface area (Å²) >= 11 is 0. The van der Waals surface area contributed by atoms with E-state index < -0.39 is 0 Å². The normalized spacial score (nSPS) is 23.7. The van der Waals surface area contributed by atoms with Gasteiger partial charge in [-0.15, -0.1) is 0 Å². The lowest BCUT2D eigenvalue weighted by atomic mass is 9.97. The molecule has 1 saturated heterocycles. The molecule has 2 fully saturated rings. The summed E-state index contributed by atoms with van der Waals surface area (Å²) < 4.78 is 20.0. The number of pyridine rings is 1. The smallest absolute Gasteiger partial charge is 0.177 e. The number of fused-ring (bicyclic) bond motifs is 3. The van der Waals surface area contributed by atoms with Gasteiger partial charge in [-0.2, -0.15) is 5.10 Å². The van der Waals surface area contributed by atoms with E-state index in [9.17, 15) is 4.39 Å². The number of rotatable bonds is 4. The fraction of sp³-hybridized carbons (Fsp3) is 0.320. The first kappa shape index (κ1) is 20.5. The Morgan fingerprint density at radius 1 is 1.26 bits per heavy atom. The van der Waals surface area contributed by atoms with Gasteiger partial charge < -0.3 is 15.2 Å². The second kappa shape index (κ2) is 7.29. The van der Waals surface area contributed by atoms with Gasteiger partial charge in [-0.05, 0) is 43.4 Å². The standard InChI is InChI=1S/C25H23FN8O/c1-13-9-19(33-35-13)25(12-27)15-6-8-34(11-16(15)25)20-10-29-23-22(31-32-24(23)30-20)14-5-7-28-18-4-2-3-17(26)21(14)18/h2-5,7,9-10,15-16H,6,8,11-12,27H2,1H3,(H,30,31,32)/t15-,16+,25+/m1/s1. The molecule has 7 rings (SSSR count). The summed E-state index contributed by atoms with van der Waals surface area (Å²) in [6.07, 6.45) is 4.43. The number of nitrogens with zero attached hydrogens (tertiary/aromatic N) is 6. The summed E-state index contributed by atoms with van der Waals surface area (Å²) in [5, 5.41) is 12.2. The molecule has 5 heterocycles. The number of nitrogens with two attached hydrogens (primary N) is 1. The van der Waals surface area contributed by atoms with Crippen LogP contribution < -0.4 is 10.6 Å². The van der Waals surface area contributed by atoms with Crippen LogP contribution in [0, 0.1) is 24.6 Å². The summed E-state index contributed by atoms with van der Waals surface area (Å²) in [5.41, 5.74) is 10.0. The van der Waals surface area contributed by atoms with E-state index in [0.717, 1.165) is 36.8 Å². The number of aromatic amines is 1. The molecule has 1 aliphatic heterocycles. The lowest BCUT2D eigenvalue weighted by molar-refractivity contribution is 0.379. The van der Waals surface area contributed by atoms with E-state index in [4.69, 9.17) is 20.2 Å². The molecule has 3 N–H and O–H groups in total. The van der Waals surface area contributed by atoms with E-state index >= 15 is 0 Å². The third kappa shape index (κ3) is 2.86. The molecule has 10 heteroatoms. The van der Waals surface area contributed by atoms with Gasteiger partial charge in [0.05, 0.1) is 17.4 Å². The number of hydrogen-bond donors (Lipinski definition) is 2. The van der Waals surface area contributed by atoms with E-state index in [1.807, 2.05) is 13.0 Å². The zero-order valence-corrected chi connectivity index (χ0v) is 19.1. The maximum absolute atomic E-state index is 14.7. The highest BCUT2D eigenvalue weighted by molar-refractivity contribution is 6.00. The molecule has 0 radical (unpaired) electrons. The summed E-state index contributed by atoms with van der Waals surface area (Å²) in [6.45, 7) is 4.15. The molecule has 0 bridgehead atoms. The van der Waals surface area contributed by atoms with Crippen LogP contribution in [-0.2, 0) is 5.41 Å². The molecule has 2 aliphatic rings. The van der Waals surface area contributed by atoms with Crippen LogP contribution in [0.25, 0.3) is 33.3 Å². The van der Waals surface area contributed by atoms with Crippen molar-refractivity contribution in [3.63, 3.8) is 0 Å². The van der Waals surface area contributed by atoms with Gasteiger partial charge >= 0.3 is 0 Å². The average Bonchev–Trinajstić information content (AvgIpc) is 3.13. The highest BCUT2D eigenvalue weighted by Gasteiger charge is 2.67. The summed E-state index contributed by atoms with van der Waals surface area (Å²) in [6, 6.07) is 8.63. The van der Waals surface area contributed by atoms with Crippen molar-refractivity contribution < 1.29 is 8.91 Å². The maximum atomic E-state index is 14.7. The number of H-pyrrole nitrogens is 1. The van der Waals surface area contributed by atoms with Crippen LogP contribution in [0.2, 0.25) is 0 Å². The Labute approximate surface area is 199 Å². The van der Waals surface area contributed by atoms with Gasteiger partial charge in [0.25, 0.3) is 0 Å². The van der Waals surface area contributed by atoms with Crippen LogP contribution in [0.1, 0.15) is 17.9 Å². The number of aryl methyl sites for hydroxylation is 1. The summed E-state index contributed by atoms with van der Waals surface area (Å²) in [4.78, 5) is 16.0. The van der Waals surface area contributed by atoms with E-state index in [0.29, 0.717) is 51.7 Å². The molecule has 3 atom stereocenters. The number of benzene rings is 1. The third-order valence-electron chi connectivity index (χ3n) is 7.82. The molecule has 176 valence electrons. The molecule has 5 aromatic rings. The Morgan fingerprint density at radius 3 is 3.00 bits per heavy atom. The van der Waals surface area contributed by atoms with Crippen LogP contribution >= 0.6 is 0 Å². The van der Waals surface area contributed by atoms with Crippen molar-refractivity contribution in [2.45, 2.75) is 18.8 Å². The third-order valence-corrected chi connectivity index (χ3v) is 7.82. The van der Waals surface area contributed by atoms with Crippen molar-refractivity contribution in [3.8, 4) is 11.3 Å². The van der Waals surface area contributed by atoms with E-state index in [1.165, 1.54) is 6.07 Å². The molecule has 0 spiro atoms. The first-order valence-electron chi connectivity index (χ1n) is 11.7. The van der Waals surface area contributed by atoms with Crippen molar-refractivity contribution in [1.29, 1.82) is 0 Å². The monoisotopic (exact) mass is 470 g/mol. The largest absolute Gasteiger partial charge is 0.361 e. The predicted molar refractivity (Wildman–Crippen MR) is 128 cm³/mol. The zero-order valence-electron chi connectivity index (χ0n) is 19.1. The molecule has 0 unspecified atom stereocenters. The highest BCUT2D eigenvalue weighted by atomic mass is 19.1. The second-order valence-corrected chi connectivity index (χ2v) is 9.51. The fourth-order valence-corrected chi connectivity index (χ4v) is 6.05. The van der Waals surface area contributed by atoms with Crippen LogP contribution in [0.4, 0.5) is 10.2 Å². The minimum Gasteiger partial charge on any atom is -0.361 e. The van der Waals surface area contributed by atoms with Crippen LogP contribution in [0.5, 0.6) is 0 Å². The minimum atomic E-state index is -0.343. The Kier molecular flexibility index (Phi) is 4.26. The van der Waals surface area contributed by atoms with Gasteiger partial charge in [0.1, 0.15) is 28.6 Å². The van der Waals surface area contributed by atoms with E-state index in [-0.39, 0.29) is 11.2 Å². The quantitative estimate of drug-likeness (QED) is 0.410. The fourth-order valence-electron chi connectivity index (χ4n) is 6.05. The summed E-state index contributed by atoms with van der Waals surface area (Å²) in [7, 11) is 0. The van der Waals surface area contributed by atoms with Gasteiger partial charge in [0.15, 0.2) is 5.65 Å². The zero-order chi connectivity index (χ0) is 23.7. The van der Waals surface area contributed by atoms with Crippen molar-refractivity contribution in [2.75, 3.05) is 24.5 Å². The van der Waals surface area contributed by atoms with Crippen LogP contribution in [0.3, 0.4) is 0 Å². The number of piperidine rings is 1. The number of halogens is 1. The van der Waals surface area contributed by atoms with Crippen molar-refractivity contribution in [3.05, 3.63) is 60.0 Å². The number of anilines is 1. The van der Waals surface area contributed by atoms with Crippen LogP contribution in [0.15, 0.2) is 47.2 Å². The number of nitrogens with one attached hydrogen (secondary N) is 1.